The third kappa shape index (κ3) is 5.31. The molecule has 1 N–H and O–H groups in total. The van der Waals surface area contributed by atoms with Crippen LogP contribution < -0.4 is 14.8 Å². The van der Waals surface area contributed by atoms with Gasteiger partial charge in [-0.15, -0.1) is 6.42 Å². The number of thioether (sulfide) groups is 1. The highest BCUT2D eigenvalue weighted by atomic mass is 32.2. The quantitative estimate of drug-likeness (QED) is 0.507. The lowest BCUT2D eigenvalue weighted by Crippen LogP contribution is -2.36. The monoisotopic (exact) mass is 450 g/mol. The smallest absolute Gasteiger partial charge is 0.294 e. The van der Waals surface area contributed by atoms with E-state index in [2.05, 4.69) is 11.2 Å². The number of methoxy groups -OCH3 is 1. The molecular formula is C24H22N2O5S. The molecule has 0 aliphatic carbocycles. The number of aryl methyl sites for hydroxylation is 2. The zero-order valence-electron chi connectivity index (χ0n) is 17.9. The number of rotatable bonds is 7. The summed E-state index contributed by atoms with van der Waals surface area (Å²) in [6.45, 7) is 3.64. The van der Waals surface area contributed by atoms with Crippen molar-refractivity contribution in [2.24, 2.45) is 0 Å². The van der Waals surface area contributed by atoms with Gasteiger partial charge >= 0.3 is 0 Å². The van der Waals surface area contributed by atoms with Crippen LogP contribution in [-0.4, -0.2) is 42.2 Å². The molecule has 0 saturated carbocycles. The van der Waals surface area contributed by atoms with Gasteiger partial charge in [0.25, 0.3) is 11.1 Å². The van der Waals surface area contributed by atoms with Gasteiger partial charge in [0.2, 0.25) is 5.91 Å². The molecule has 1 aliphatic heterocycles. The highest BCUT2D eigenvalue weighted by Crippen LogP contribution is 2.34. The Labute approximate surface area is 190 Å². The molecule has 32 heavy (non-hydrogen) atoms. The Bertz CT molecular complexity index is 1150. The Balaban J connectivity index is 1.71. The summed E-state index contributed by atoms with van der Waals surface area (Å²) < 4.78 is 10.7. The van der Waals surface area contributed by atoms with E-state index < -0.39 is 17.1 Å². The van der Waals surface area contributed by atoms with Crippen molar-refractivity contribution in [1.29, 1.82) is 0 Å². The summed E-state index contributed by atoms with van der Waals surface area (Å²) in [6, 6.07) is 10.6. The van der Waals surface area contributed by atoms with Crippen molar-refractivity contribution >= 4 is 40.6 Å². The van der Waals surface area contributed by atoms with Gasteiger partial charge in [0, 0.05) is 5.69 Å². The lowest BCUT2D eigenvalue weighted by atomic mass is 10.1. The second-order valence-corrected chi connectivity index (χ2v) is 8.01. The highest BCUT2D eigenvalue weighted by molar-refractivity contribution is 8.18. The second-order valence-electron chi connectivity index (χ2n) is 7.02. The predicted molar refractivity (Wildman–Crippen MR) is 125 cm³/mol. The minimum absolute atomic E-state index is 0.0960. The van der Waals surface area contributed by atoms with Crippen LogP contribution in [0.1, 0.15) is 16.7 Å². The Hall–Kier alpha value is -3.70. The van der Waals surface area contributed by atoms with Gasteiger partial charge in [-0.1, -0.05) is 18.1 Å². The topological polar surface area (TPSA) is 84.9 Å². The summed E-state index contributed by atoms with van der Waals surface area (Å²) >= 11 is 0.781. The maximum absolute atomic E-state index is 12.7. The first-order valence-corrected chi connectivity index (χ1v) is 10.5. The van der Waals surface area contributed by atoms with Crippen LogP contribution in [0.4, 0.5) is 10.5 Å². The fourth-order valence-corrected chi connectivity index (χ4v) is 3.80. The van der Waals surface area contributed by atoms with Crippen LogP contribution in [0.15, 0.2) is 41.3 Å². The van der Waals surface area contributed by atoms with Crippen molar-refractivity contribution < 1.29 is 23.9 Å². The van der Waals surface area contributed by atoms with E-state index in [0.29, 0.717) is 22.7 Å². The third-order valence-electron chi connectivity index (χ3n) is 4.76. The van der Waals surface area contributed by atoms with Crippen LogP contribution in [0.5, 0.6) is 11.5 Å². The molecule has 1 heterocycles. The number of terminal acetylenes is 1. The number of carbonyl (C=O) groups excluding carboxylic acids is 3. The predicted octanol–water partition coefficient (Wildman–Crippen LogP) is 4.00. The van der Waals surface area contributed by atoms with Crippen LogP contribution in [0.25, 0.3) is 6.08 Å². The Kier molecular flexibility index (Phi) is 7.23. The zero-order chi connectivity index (χ0) is 23.3. The zero-order valence-corrected chi connectivity index (χ0v) is 18.7. The maximum Gasteiger partial charge on any atom is 0.294 e. The van der Waals surface area contributed by atoms with Crippen LogP contribution in [0, 0.1) is 26.2 Å². The second kappa shape index (κ2) is 10.1. The summed E-state index contributed by atoms with van der Waals surface area (Å²) in [5, 5.41) is 2.22. The minimum Gasteiger partial charge on any atom is -0.493 e. The molecular weight excluding hydrogens is 428 g/mol. The first-order valence-electron chi connectivity index (χ1n) is 9.69. The van der Waals surface area contributed by atoms with Crippen molar-refractivity contribution in [3.05, 3.63) is 58.0 Å². The van der Waals surface area contributed by atoms with Crippen LogP contribution in [0.3, 0.4) is 0 Å². The largest absolute Gasteiger partial charge is 0.493 e. The molecule has 2 aromatic rings. The van der Waals surface area contributed by atoms with Gasteiger partial charge in [-0.25, -0.2) is 0 Å². The van der Waals surface area contributed by atoms with Gasteiger partial charge in [0.1, 0.15) is 13.2 Å². The van der Waals surface area contributed by atoms with Crippen LogP contribution in [-0.2, 0) is 9.59 Å². The van der Waals surface area contributed by atoms with Gasteiger partial charge < -0.3 is 14.8 Å². The maximum atomic E-state index is 12.7. The molecule has 0 radical (unpaired) electrons. The van der Waals surface area contributed by atoms with Crippen molar-refractivity contribution in [1.82, 2.24) is 4.90 Å². The van der Waals surface area contributed by atoms with Crippen LogP contribution in [0.2, 0.25) is 0 Å². The normalized spacial score (nSPS) is 14.4. The van der Waals surface area contributed by atoms with Crippen molar-refractivity contribution in [3.63, 3.8) is 0 Å². The van der Waals surface area contributed by atoms with E-state index in [9.17, 15) is 14.4 Å². The molecule has 1 fully saturated rings. The molecule has 164 valence electrons. The first-order chi connectivity index (χ1) is 15.3. The van der Waals surface area contributed by atoms with Crippen molar-refractivity contribution in [2.75, 3.05) is 25.6 Å². The lowest BCUT2D eigenvalue weighted by Gasteiger charge is -2.13. The summed E-state index contributed by atoms with van der Waals surface area (Å²) in [5.41, 5.74) is 3.38. The molecule has 0 aromatic heterocycles. The van der Waals surface area contributed by atoms with Crippen LogP contribution >= 0.6 is 11.8 Å². The van der Waals surface area contributed by atoms with Gasteiger partial charge in [-0.05, 0) is 72.6 Å². The van der Waals surface area contributed by atoms with E-state index in [1.807, 2.05) is 26.0 Å². The summed E-state index contributed by atoms with van der Waals surface area (Å²) in [4.78, 5) is 38.6. The molecule has 0 bridgehead atoms. The molecule has 3 amide bonds. The van der Waals surface area contributed by atoms with Gasteiger partial charge in [-0.3, -0.25) is 19.3 Å². The van der Waals surface area contributed by atoms with E-state index in [-0.39, 0.29) is 18.1 Å². The highest BCUT2D eigenvalue weighted by Gasteiger charge is 2.36. The molecule has 7 nitrogen and oxygen atoms in total. The van der Waals surface area contributed by atoms with Crippen molar-refractivity contribution in [2.45, 2.75) is 13.8 Å². The Morgan fingerprint density at radius 1 is 1.16 bits per heavy atom. The fraction of sp³-hybridized carbons (Fsp3) is 0.208. The Morgan fingerprint density at radius 2 is 1.94 bits per heavy atom. The van der Waals surface area contributed by atoms with E-state index in [0.717, 1.165) is 27.8 Å². The van der Waals surface area contributed by atoms with E-state index in [1.54, 1.807) is 30.3 Å². The number of benzene rings is 2. The van der Waals surface area contributed by atoms with E-state index >= 15 is 0 Å². The molecule has 3 rings (SSSR count). The van der Waals surface area contributed by atoms with E-state index in [4.69, 9.17) is 15.9 Å². The molecule has 1 aliphatic rings. The molecule has 8 heteroatoms. The molecule has 0 spiro atoms. The number of anilines is 1. The number of nitrogens with zero attached hydrogens (tertiary/aromatic N) is 1. The number of nitrogens with one attached hydrogen (secondary N) is 1. The number of amides is 3. The number of hydrogen-bond acceptors (Lipinski definition) is 6. The van der Waals surface area contributed by atoms with Gasteiger partial charge in [0.15, 0.2) is 11.5 Å². The average molecular weight is 451 g/mol. The number of carbonyl (C=O) groups is 3. The molecule has 0 atom stereocenters. The first kappa shape index (κ1) is 23.0. The summed E-state index contributed by atoms with van der Waals surface area (Å²) in [6.07, 6.45) is 6.78. The minimum atomic E-state index is -0.526. The number of ether oxygens (including phenoxy) is 2. The SMILES string of the molecule is C#CCOc1ccc(/C=C2\SC(=O)N(CC(=O)Nc3ccc(C)c(C)c3)C2=O)cc1OC. The number of hydrogen-bond donors (Lipinski definition) is 1. The third-order valence-corrected chi connectivity index (χ3v) is 5.67. The molecule has 0 unspecified atom stereocenters. The van der Waals surface area contributed by atoms with Gasteiger partial charge in [0.05, 0.1) is 12.0 Å². The summed E-state index contributed by atoms with van der Waals surface area (Å²) in [7, 11) is 1.49. The average Bonchev–Trinajstić information content (AvgIpc) is 3.02. The molecule has 2 aromatic carbocycles. The van der Waals surface area contributed by atoms with Crippen molar-refractivity contribution in [3.8, 4) is 23.8 Å². The lowest BCUT2D eigenvalue weighted by molar-refractivity contribution is -0.127. The summed E-state index contributed by atoms with van der Waals surface area (Å²) in [5.74, 6) is 2.32. The van der Waals surface area contributed by atoms with Gasteiger partial charge in [-0.2, -0.15) is 0 Å². The Morgan fingerprint density at radius 3 is 2.62 bits per heavy atom. The standard InChI is InChI=1S/C24H22N2O5S/c1-5-10-31-19-9-7-17(12-20(19)30-4)13-21-23(28)26(24(29)32-21)14-22(27)25-18-8-6-15(2)16(3)11-18/h1,6-9,11-13H,10,14H2,2-4H3,(H,25,27)/b21-13-. The number of imide groups is 1. The molecule has 1 saturated heterocycles. The fourth-order valence-electron chi connectivity index (χ4n) is 2.96. The van der Waals surface area contributed by atoms with E-state index in [1.165, 1.54) is 7.11 Å².